The molecule has 1 unspecified atom stereocenters. The molecule has 8 heteroatoms. The number of fused-ring (bicyclic) bond motifs is 1. The molecule has 1 fully saturated rings. The third-order valence-corrected chi connectivity index (χ3v) is 2.94. The predicted molar refractivity (Wildman–Crippen MR) is 63.0 cm³/mol. The lowest BCUT2D eigenvalue weighted by Crippen LogP contribution is -2.68. The zero-order valence-corrected chi connectivity index (χ0v) is 10.3. The fourth-order valence-electron chi connectivity index (χ4n) is 2.12. The van der Waals surface area contributed by atoms with E-state index in [2.05, 4.69) is 15.5 Å². The number of carbonyl (C=O) groups is 3. The summed E-state index contributed by atoms with van der Waals surface area (Å²) in [5.41, 5.74) is 1.07. The Bertz CT molecular complexity index is 498. The van der Waals surface area contributed by atoms with E-state index in [0.717, 1.165) is 4.90 Å². The summed E-state index contributed by atoms with van der Waals surface area (Å²) in [4.78, 5) is 41.7. The van der Waals surface area contributed by atoms with E-state index >= 15 is 0 Å². The molecule has 18 heavy (non-hydrogen) atoms. The van der Waals surface area contributed by atoms with Gasteiger partial charge in [-0.05, 0) is 6.92 Å². The molecule has 1 saturated heterocycles. The van der Waals surface area contributed by atoms with E-state index in [1.165, 1.54) is 32.3 Å². The third kappa shape index (κ3) is 1.49. The number of imide groups is 1. The van der Waals surface area contributed by atoms with Gasteiger partial charge in [-0.1, -0.05) is 0 Å². The Morgan fingerprint density at radius 2 is 2.06 bits per heavy atom. The monoisotopic (exact) mass is 251 g/mol. The van der Waals surface area contributed by atoms with Crippen molar-refractivity contribution < 1.29 is 14.4 Å². The van der Waals surface area contributed by atoms with Crippen molar-refractivity contribution in [3.05, 3.63) is 0 Å². The molecule has 1 atom stereocenters. The van der Waals surface area contributed by atoms with Crippen molar-refractivity contribution in [1.29, 1.82) is 0 Å². The van der Waals surface area contributed by atoms with Crippen LogP contribution < -0.4 is 5.43 Å². The summed E-state index contributed by atoms with van der Waals surface area (Å²) in [6.07, 6.45) is 1.13. The summed E-state index contributed by atoms with van der Waals surface area (Å²) in [5.74, 6) is -0.600. The maximum Gasteiger partial charge on any atom is 0.331 e. The van der Waals surface area contributed by atoms with Crippen molar-refractivity contribution in [2.75, 3.05) is 14.1 Å². The van der Waals surface area contributed by atoms with Crippen LogP contribution in [0.4, 0.5) is 4.79 Å². The molecular weight excluding hydrogens is 238 g/mol. The summed E-state index contributed by atoms with van der Waals surface area (Å²) in [5, 5.41) is 3.92. The molecule has 0 aromatic heterocycles. The normalized spacial score (nSPS) is 26.7. The van der Waals surface area contributed by atoms with Crippen molar-refractivity contribution in [2.45, 2.75) is 18.9 Å². The molecule has 8 nitrogen and oxygen atoms in total. The molecule has 2 rings (SSSR count). The Morgan fingerprint density at radius 1 is 1.39 bits per heavy atom. The molecule has 2 aliphatic rings. The van der Waals surface area contributed by atoms with Gasteiger partial charge in [-0.15, -0.1) is 0 Å². The highest BCUT2D eigenvalue weighted by Gasteiger charge is 2.55. The van der Waals surface area contributed by atoms with Crippen LogP contribution in [0.25, 0.3) is 0 Å². The highest BCUT2D eigenvalue weighted by atomic mass is 16.2. The van der Waals surface area contributed by atoms with E-state index in [4.69, 9.17) is 0 Å². The zero-order chi connectivity index (χ0) is 13.5. The molecule has 0 bridgehead atoms. The number of nitrogens with zero attached hydrogens (tertiary/aromatic N) is 4. The van der Waals surface area contributed by atoms with Crippen LogP contribution in [0.15, 0.2) is 10.1 Å². The maximum atomic E-state index is 12.3. The summed E-state index contributed by atoms with van der Waals surface area (Å²) >= 11 is 0. The quantitative estimate of drug-likeness (QED) is 0.693. The second-order valence-electron chi connectivity index (χ2n) is 4.27. The number of amides is 3. The fraction of sp³-hybridized carbons (Fsp3) is 0.500. The Labute approximate surface area is 103 Å². The molecule has 0 aliphatic carbocycles. The largest absolute Gasteiger partial charge is 0.331 e. The lowest BCUT2D eigenvalue weighted by Gasteiger charge is -2.42. The number of Topliss-reactive ketones (excluding diaryl/α,β-unsaturated/α-hetero) is 1. The predicted octanol–water partition coefficient (Wildman–Crippen LogP) is -0.827. The number of hydrazone groups is 1. The molecule has 0 saturated carbocycles. The maximum absolute atomic E-state index is 12.3. The van der Waals surface area contributed by atoms with E-state index in [-0.39, 0.29) is 18.0 Å². The molecule has 0 aromatic carbocycles. The van der Waals surface area contributed by atoms with Crippen molar-refractivity contribution >= 4 is 29.9 Å². The smallest absolute Gasteiger partial charge is 0.300 e. The van der Waals surface area contributed by atoms with Gasteiger partial charge >= 0.3 is 6.03 Å². The van der Waals surface area contributed by atoms with Crippen LogP contribution in [0.1, 0.15) is 13.3 Å². The van der Waals surface area contributed by atoms with Gasteiger partial charge in [0, 0.05) is 20.5 Å². The number of rotatable bonds is 2. The van der Waals surface area contributed by atoms with E-state index < -0.39 is 17.5 Å². The number of hydrogen-bond acceptors (Lipinski definition) is 6. The molecule has 3 amide bonds. The van der Waals surface area contributed by atoms with Crippen molar-refractivity contribution in [3.8, 4) is 0 Å². The highest BCUT2D eigenvalue weighted by molar-refractivity contribution is 6.26. The number of ketones is 1. The molecular formula is C10H13N5O3. The van der Waals surface area contributed by atoms with Gasteiger partial charge in [0.1, 0.15) is 12.1 Å². The Balaban J connectivity index is 2.55. The Kier molecular flexibility index (Phi) is 2.64. The van der Waals surface area contributed by atoms with Crippen molar-refractivity contribution in [2.24, 2.45) is 10.1 Å². The Hall–Kier alpha value is -2.25. The summed E-state index contributed by atoms with van der Waals surface area (Å²) < 4.78 is 0. The second-order valence-corrected chi connectivity index (χ2v) is 4.27. The minimum Gasteiger partial charge on any atom is -0.300 e. The Morgan fingerprint density at radius 3 is 2.67 bits per heavy atom. The topological polar surface area (TPSA) is 94.4 Å². The molecule has 96 valence electrons. The average molecular weight is 251 g/mol. The van der Waals surface area contributed by atoms with E-state index in [1.807, 2.05) is 0 Å². The first kappa shape index (κ1) is 12.2. The van der Waals surface area contributed by atoms with E-state index in [0.29, 0.717) is 0 Å². The first-order chi connectivity index (χ1) is 8.40. The van der Waals surface area contributed by atoms with Crippen molar-refractivity contribution in [3.63, 3.8) is 0 Å². The standard InChI is InChI=1S/C10H13N5O3/c1-6(16)4-10-7(13-12-5-11-10)14(2)9(18)15(3)8(10)17/h5H,4H2,1-3H3,(H,11,12). The van der Waals surface area contributed by atoms with Crippen molar-refractivity contribution in [1.82, 2.24) is 15.2 Å². The first-order valence-electron chi connectivity index (χ1n) is 5.33. The summed E-state index contributed by atoms with van der Waals surface area (Å²) in [6.45, 7) is 1.37. The minimum atomic E-state index is -1.42. The van der Waals surface area contributed by atoms with Gasteiger partial charge in [0.15, 0.2) is 5.84 Å². The van der Waals surface area contributed by atoms with Gasteiger partial charge in [0.25, 0.3) is 5.91 Å². The summed E-state index contributed by atoms with van der Waals surface area (Å²) in [6, 6.07) is -0.503. The van der Waals surface area contributed by atoms with Crippen LogP contribution >= 0.6 is 0 Å². The van der Waals surface area contributed by atoms with Gasteiger partial charge in [0.2, 0.25) is 5.54 Å². The molecule has 0 radical (unpaired) electrons. The van der Waals surface area contributed by atoms with Gasteiger partial charge in [-0.25, -0.2) is 9.79 Å². The molecule has 1 N–H and O–H groups in total. The molecule has 0 spiro atoms. The number of likely N-dealkylation sites (N-methyl/N-ethyl adjacent to an activating group) is 2. The summed E-state index contributed by atoms with van der Waals surface area (Å²) in [7, 11) is 2.85. The zero-order valence-electron chi connectivity index (χ0n) is 10.3. The number of carbonyl (C=O) groups excluding carboxylic acids is 3. The van der Waals surface area contributed by atoms with Gasteiger partial charge in [-0.2, -0.15) is 5.10 Å². The average Bonchev–Trinajstić information content (AvgIpc) is 2.33. The van der Waals surface area contributed by atoms with Crippen LogP contribution in [-0.4, -0.2) is 59.3 Å². The number of hydrogen-bond donors (Lipinski definition) is 1. The van der Waals surface area contributed by atoms with Crippen LogP contribution in [0.3, 0.4) is 0 Å². The fourth-order valence-corrected chi connectivity index (χ4v) is 2.12. The lowest BCUT2D eigenvalue weighted by molar-refractivity contribution is -0.134. The van der Waals surface area contributed by atoms with E-state index in [1.54, 1.807) is 0 Å². The van der Waals surface area contributed by atoms with Gasteiger partial charge < -0.3 is 0 Å². The molecule has 0 aromatic rings. The van der Waals surface area contributed by atoms with Crippen LogP contribution in [0, 0.1) is 0 Å². The number of urea groups is 1. The van der Waals surface area contributed by atoms with Gasteiger partial charge in [-0.3, -0.25) is 24.8 Å². The number of aliphatic imine (C=N–C) groups is 1. The second kappa shape index (κ2) is 3.90. The van der Waals surface area contributed by atoms with Gasteiger partial charge in [0.05, 0.1) is 0 Å². The van der Waals surface area contributed by atoms with E-state index in [9.17, 15) is 14.4 Å². The lowest BCUT2D eigenvalue weighted by atomic mass is 9.88. The van der Waals surface area contributed by atoms with Crippen LogP contribution in [0.5, 0.6) is 0 Å². The first-order valence-corrected chi connectivity index (χ1v) is 5.33. The SMILES string of the molecule is CC(=O)CC12N=CNN=C1N(C)C(=O)N(C)C2=O. The number of nitrogens with one attached hydrogen (secondary N) is 1. The highest BCUT2D eigenvalue weighted by Crippen LogP contribution is 2.29. The van der Waals surface area contributed by atoms with Crippen LogP contribution in [0.2, 0.25) is 0 Å². The molecule has 2 heterocycles. The van der Waals surface area contributed by atoms with Crippen LogP contribution in [-0.2, 0) is 9.59 Å². The molecule has 2 aliphatic heterocycles. The minimum absolute atomic E-state index is 0.120. The third-order valence-electron chi connectivity index (χ3n) is 2.94. The number of amidine groups is 1.